The summed E-state index contributed by atoms with van der Waals surface area (Å²) < 4.78 is 11.1. The topological polar surface area (TPSA) is 75.2 Å². The van der Waals surface area contributed by atoms with E-state index in [1.165, 1.54) is 4.90 Å². The number of carbonyl (C=O) groups is 1. The van der Waals surface area contributed by atoms with E-state index in [9.17, 15) is 4.79 Å². The molecule has 25 heavy (non-hydrogen) atoms. The Morgan fingerprint density at radius 1 is 1.32 bits per heavy atom. The van der Waals surface area contributed by atoms with Gasteiger partial charge in [0.15, 0.2) is 23.2 Å². The van der Waals surface area contributed by atoms with E-state index in [1.807, 2.05) is 26.8 Å². The smallest absolute Gasteiger partial charge is 0.259 e. The van der Waals surface area contributed by atoms with E-state index in [1.54, 1.807) is 32.4 Å². The molecule has 0 atom stereocenters. The van der Waals surface area contributed by atoms with Crippen LogP contribution in [-0.2, 0) is 4.79 Å². The fraction of sp³-hybridized carbons (Fsp3) is 0.471. The number of rotatable bonds is 8. The average molecular weight is 366 g/mol. The molecule has 0 aromatic heterocycles. The Kier molecular flexibility index (Phi) is 8.69. The number of nitrogens with one attached hydrogen (secondary N) is 2. The van der Waals surface area contributed by atoms with Crippen molar-refractivity contribution in [2.45, 2.75) is 26.8 Å². The van der Waals surface area contributed by atoms with Crippen molar-refractivity contribution in [2.24, 2.45) is 5.10 Å². The van der Waals surface area contributed by atoms with Crippen molar-refractivity contribution in [1.29, 1.82) is 0 Å². The van der Waals surface area contributed by atoms with Gasteiger partial charge in [-0.1, -0.05) is 0 Å². The third-order valence-electron chi connectivity index (χ3n) is 2.92. The van der Waals surface area contributed by atoms with Gasteiger partial charge in [0, 0.05) is 20.1 Å². The SMILES string of the molecule is CCOc1cc(/C=N\NC(=S)NC(C)C)ccc1OCC(=O)N(C)C. The Morgan fingerprint density at radius 3 is 2.64 bits per heavy atom. The third kappa shape index (κ3) is 7.84. The zero-order valence-corrected chi connectivity index (χ0v) is 16.1. The zero-order valence-electron chi connectivity index (χ0n) is 15.3. The summed E-state index contributed by atoms with van der Waals surface area (Å²) in [6, 6.07) is 5.60. The van der Waals surface area contributed by atoms with Gasteiger partial charge >= 0.3 is 0 Å². The normalized spacial score (nSPS) is 10.6. The van der Waals surface area contributed by atoms with Crippen molar-refractivity contribution >= 4 is 29.5 Å². The van der Waals surface area contributed by atoms with E-state index in [2.05, 4.69) is 15.8 Å². The van der Waals surface area contributed by atoms with Gasteiger partial charge in [0.2, 0.25) is 0 Å². The maximum Gasteiger partial charge on any atom is 0.259 e. The van der Waals surface area contributed by atoms with Crippen LogP contribution in [0.3, 0.4) is 0 Å². The second-order valence-electron chi connectivity index (χ2n) is 5.71. The highest BCUT2D eigenvalue weighted by Gasteiger charge is 2.10. The van der Waals surface area contributed by atoms with Gasteiger partial charge in [-0.3, -0.25) is 10.2 Å². The van der Waals surface area contributed by atoms with Gasteiger partial charge in [0.25, 0.3) is 5.91 Å². The Hall–Kier alpha value is -2.35. The van der Waals surface area contributed by atoms with Crippen LogP contribution in [0.4, 0.5) is 0 Å². The number of ether oxygens (including phenoxy) is 2. The highest BCUT2D eigenvalue weighted by molar-refractivity contribution is 7.80. The molecule has 0 bridgehead atoms. The monoisotopic (exact) mass is 366 g/mol. The van der Waals surface area contributed by atoms with E-state index < -0.39 is 0 Å². The van der Waals surface area contributed by atoms with Crippen LogP contribution in [-0.4, -0.2) is 55.5 Å². The molecule has 8 heteroatoms. The fourth-order valence-corrected chi connectivity index (χ4v) is 2.01. The van der Waals surface area contributed by atoms with Crippen LogP contribution in [0.1, 0.15) is 26.3 Å². The quantitative estimate of drug-likeness (QED) is 0.415. The minimum absolute atomic E-state index is 0.0444. The van der Waals surface area contributed by atoms with E-state index >= 15 is 0 Å². The standard InChI is InChI=1S/C17H26N4O3S/c1-6-23-15-9-13(10-18-20-17(25)19-12(2)3)7-8-14(15)24-11-16(22)21(4)5/h7-10,12H,6,11H2,1-5H3,(H2,19,20,25)/b18-10-. The number of nitrogens with zero attached hydrogens (tertiary/aromatic N) is 2. The number of carbonyl (C=O) groups excluding carboxylic acids is 1. The van der Waals surface area contributed by atoms with E-state index in [-0.39, 0.29) is 18.6 Å². The molecule has 0 aliphatic rings. The zero-order chi connectivity index (χ0) is 18.8. The molecule has 1 rings (SSSR count). The van der Waals surface area contributed by atoms with E-state index in [0.717, 1.165) is 5.56 Å². The van der Waals surface area contributed by atoms with E-state index in [0.29, 0.717) is 23.2 Å². The first-order chi connectivity index (χ1) is 11.8. The van der Waals surface area contributed by atoms with Gasteiger partial charge in [-0.05, 0) is 56.8 Å². The molecular weight excluding hydrogens is 340 g/mol. The molecule has 0 aliphatic carbocycles. The van der Waals surface area contributed by atoms with Crippen molar-refractivity contribution in [3.05, 3.63) is 23.8 Å². The van der Waals surface area contributed by atoms with Crippen molar-refractivity contribution in [1.82, 2.24) is 15.6 Å². The lowest BCUT2D eigenvalue weighted by Crippen LogP contribution is -2.36. The molecule has 7 nitrogen and oxygen atoms in total. The summed E-state index contributed by atoms with van der Waals surface area (Å²) >= 11 is 5.10. The van der Waals surface area contributed by atoms with Gasteiger partial charge in [0.1, 0.15) is 0 Å². The number of hydrogen-bond donors (Lipinski definition) is 2. The summed E-state index contributed by atoms with van der Waals surface area (Å²) in [5, 5.41) is 7.58. The minimum atomic E-state index is -0.122. The van der Waals surface area contributed by atoms with Crippen LogP contribution >= 0.6 is 12.2 Å². The largest absolute Gasteiger partial charge is 0.490 e. The van der Waals surface area contributed by atoms with Crippen LogP contribution in [0.15, 0.2) is 23.3 Å². The molecule has 0 unspecified atom stereocenters. The highest BCUT2D eigenvalue weighted by Crippen LogP contribution is 2.28. The number of likely N-dealkylation sites (N-methyl/N-ethyl adjacent to an activating group) is 1. The van der Waals surface area contributed by atoms with Crippen LogP contribution in [0.5, 0.6) is 11.5 Å². The molecular formula is C17H26N4O3S. The molecule has 0 heterocycles. The Labute approximate surface area is 154 Å². The first kappa shape index (κ1) is 20.7. The molecule has 0 aliphatic heterocycles. The van der Waals surface area contributed by atoms with Crippen LogP contribution in [0.2, 0.25) is 0 Å². The average Bonchev–Trinajstić information content (AvgIpc) is 2.53. The van der Waals surface area contributed by atoms with Gasteiger partial charge in [-0.2, -0.15) is 5.10 Å². The van der Waals surface area contributed by atoms with Crippen molar-refractivity contribution in [3.8, 4) is 11.5 Å². The third-order valence-corrected chi connectivity index (χ3v) is 3.13. The number of amides is 1. The predicted octanol–water partition coefficient (Wildman–Crippen LogP) is 1.76. The van der Waals surface area contributed by atoms with Gasteiger partial charge < -0.3 is 19.7 Å². The Balaban J connectivity index is 2.75. The molecule has 1 aromatic rings. The van der Waals surface area contributed by atoms with Crippen molar-refractivity contribution in [2.75, 3.05) is 27.3 Å². The Morgan fingerprint density at radius 2 is 2.04 bits per heavy atom. The molecule has 0 spiro atoms. The van der Waals surface area contributed by atoms with E-state index in [4.69, 9.17) is 21.7 Å². The van der Waals surface area contributed by atoms with Gasteiger partial charge in [0.05, 0.1) is 12.8 Å². The summed E-state index contributed by atoms with van der Waals surface area (Å²) in [6.45, 7) is 6.31. The summed E-state index contributed by atoms with van der Waals surface area (Å²) in [5.41, 5.74) is 3.56. The summed E-state index contributed by atoms with van der Waals surface area (Å²) in [5.74, 6) is 0.948. The summed E-state index contributed by atoms with van der Waals surface area (Å²) in [6.07, 6.45) is 1.63. The fourth-order valence-electron chi connectivity index (χ4n) is 1.72. The molecule has 0 saturated carbocycles. The maximum absolute atomic E-state index is 11.6. The minimum Gasteiger partial charge on any atom is -0.490 e. The van der Waals surface area contributed by atoms with Crippen LogP contribution in [0.25, 0.3) is 0 Å². The number of hydrazone groups is 1. The molecule has 1 aromatic carbocycles. The first-order valence-electron chi connectivity index (χ1n) is 8.02. The lowest BCUT2D eigenvalue weighted by molar-refractivity contribution is -0.130. The second-order valence-corrected chi connectivity index (χ2v) is 6.12. The van der Waals surface area contributed by atoms with Crippen molar-refractivity contribution < 1.29 is 14.3 Å². The van der Waals surface area contributed by atoms with Crippen LogP contribution < -0.4 is 20.2 Å². The number of hydrogen-bond acceptors (Lipinski definition) is 5. The maximum atomic E-state index is 11.6. The summed E-state index contributed by atoms with van der Waals surface area (Å²) in [7, 11) is 3.36. The van der Waals surface area contributed by atoms with Gasteiger partial charge in [-0.25, -0.2) is 0 Å². The predicted molar refractivity (Wildman–Crippen MR) is 103 cm³/mol. The first-order valence-corrected chi connectivity index (χ1v) is 8.43. The second kappa shape index (κ2) is 10.5. The molecule has 1 amide bonds. The lowest BCUT2D eigenvalue weighted by atomic mass is 10.2. The molecule has 0 radical (unpaired) electrons. The molecule has 0 saturated heterocycles. The molecule has 0 fully saturated rings. The van der Waals surface area contributed by atoms with Crippen LogP contribution in [0, 0.1) is 0 Å². The number of thiocarbonyl (C=S) groups is 1. The lowest BCUT2D eigenvalue weighted by Gasteiger charge is -2.14. The highest BCUT2D eigenvalue weighted by atomic mass is 32.1. The molecule has 2 N–H and O–H groups in total. The number of benzene rings is 1. The molecule has 138 valence electrons. The Bertz CT molecular complexity index is 618. The van der Waals surface area contributed by atoms with Gasteiger partial charge in [-0.15, -0.1) is 0 Å². The van der Waals surface area contributed by atoms with Crippen molar-refractivity contribution in [3.63, 3.8) is 0 Å². The summed E-state index contributed by atoms with van der Waals surface area (Å²) in [4.78, 5) is 13.1.